The number of aryl methyl sites for hydroxylation is 1. The number of amides is 1. The summed E-state index contributed by atoms with van der Waals surface area (Å²) in [6.45, 7) is 3.52. The molecule has 1 amide bonds. The predicted molar refractivity (Wildman–Crippen MR) is 106 cm³/mol. The minimum absolute atomic E-state index is 0.00496. The molecule has 154 valence electrons. The lowest BCUT2D eigenvalue weighted by atomic mass is 10.2. The van der Waals surface area contributed by atoms with Crippen molar-refractivity contribution in [1.29, 1.82) is 0 Å². The van der Waals surface area contributed by atoms with Crippen molar-refractivity contribution in [1.82, 2.24) is 4.72 Å². The van der Waals surface area contributed by atoms with Crippen LogP contribution in [-0.2, 0) is 28.0 Å². The number of thioether (sulfide) groups is 1. The number of carbonyl (C=O) groups excluding carboxylic acids is 1. The minimum Gasteiger partial charge on any atom is -0.435 e. The van der Waals surface area contributed by atoms with Gasteiger partial charge in [0.15, 0.2) is 0 Å². The first-order valence-corrected chi connectivity index (χ1v) is 12.7. The molecule has 0 heterocycles. The normalized spacial score (nSPS) is 13.2. The van der Waals surface area contributed by atoms with Crippen molar-refractivity contribution in [2.24, 2.45) is 0 Å². The van der Waals surface area contributed by atoms with Crippen LogP contribution in [0.15, 0.2) is 29.2 Å². The van der Waals surface area contributed by atoms with E-state index >= 15 is 0 Å². The highest BCUT2D eigenvalue weighted by molar-refractivity contribution is 7.99. The molecule has 1 unspecified atom stereocenters. The van der Waals surface area contributed by atoms with E-state index in [9.17, 15) is 13.2 Å². The van der Waals surface area contributed by atoms with Gasteiger partial charge in [-0.05, 0) is 38.2 Å². The van der Waals surface area contributed by atoms with E-state index in [1.54, 1.807) is 40.4 Å². The van der Waals surface area contributed by atoms with Gasteiger partial charge in [-0.25, -0.2) is 17.9 Å². The third-order valence-corrected chi connectivity index (χ3v) is 8.98. The van der Waals surface area contributed by atoms with Crippen molar-refractivity contribution in [3.05, 3.63) is 29.8 Å². The Morgan fingerprint density at radius 3 is 2.22 bits per heavy atom. The molecule has 1 atom stereocenters. The van der Waals surface area contributed by atoms with Gasteiger partial charge >= 0.3 is 14.9 Å². The van der Waals surface area contributed by atoms with Crippen molar-refractivity contribution in [2.45, 2.75) is 36.6 Å². The quantitative estimate of drug-likeness (QED) is 0.320. The standard InChI is InChI=1S/C16H27NO7S2Si/c1-13-7-9-15(10-8-13)26(19,20)17-16(18)24-14(2)25-11-6-12-27(21-3,22-4)23-5/h7-10,14H,6,11-12H2,1-5H3,(H,17,18). The van der Waals surface area contributed by atoms with Gasteiger partial charge in [0.05, 0.1) is 4.90 Å². The van der Waals surface area contributed by atoms with Gasteiger partial charge in [0.2, 0.25) is 0 Å². The van der Waals surface area contributed by atoms with Gasteiger partial charge in [-0.2, -0.15) is 0 Å². The lowest BCUT2D eigenvalue weighted by Gasteiger charge is -2.24. The number of carbonyl (C=O) groups is 1. The lowest BCUT2D eigenvalue weighted by Crippen LogP contribution is -2.42. The van der Waals surface area contributed by atoms with Crippen LogP contribution in [0.25, 0.3) is 0 Å². The van der Waals surface area contributed by atoms with Gasteiger partial charge in [0.25, 0.3) is 10.0 Å². The van der Waals surface area contributed by atoms with Gasteiger partial charge in [0, 0.05) is 27.4 Å². The van der Waals surface area contributed by atoms with Gasteiger partial charge < -0.3 is 18.0 Å². The zero-order chi connectivity index (χ0) is 20.5. The molecule has 0 radical (unpaired) electrons. The summed E-state index contributed by atoms with van der Waals surface area (Å²) >= 11 is 1.38. The molecule has 1 aromatic rings. The van der Waals surface area contributed by atoms with Crippen LogP contribution in [-0.4, -0.2) is 55.8 Å². The first kappa shape index (κ1) is 23.9. The van der Waals surface area contributed by atoms with Crippen LogP contribution in [0.2, 0.25) is 6.04 Å². The molecule has 1 rings (SSSR count). The Balaban J connectivity index is 2.42. The summed E-state index contributed by atoms with van der Waals surface area (Å²) in [6.07, 6.45) is -0.270. The Morgan fingerprint density at radius 2 is 1.70 bits per heavy atom. The summed E-state index contributed by atoms with van der Waals surface area (Å²) in [5, 5.41) is 0. The summed E-state index contributed by atoms with van der Waals surface area (Å²) in [5.41, 5.74) is 0.408. The fourth-order valence-electron chi connectivity index (χ4n) is 2.19. The average molecular weight is 438 g/mol. The van der Waals surface area contributed by atoms with Crippen molar-refractivity contribution >= 4 is 36.7 Å². The highest BCUT2D eigenvalue weighted by Crippen LogP contribution is 2.20. The molecule has 1 aromatic carbocycles. The monoisotopic (exact) mass is 437 g/mol. The van der Waals surface area contributed by atoms with Crippen molar-refractivity contribution < 1.29 is 31.2 Å². The number of benzene rings is 1. The van der Waals surface area contributed by atoms with Crippen LogP contribution in [0.1, 0.15) is 18.9 Å². The molecule has 27 heavy (non-hydrogen) atoms. The maximum Gasteiger partial charge on any atom is 0.500 e. The first-order valence-electron chi connectivity index (χ1n) is 8.25. The number of hydrogen-bond acceptors (Lipinski definition) is 8. The van der Waals surface area contributed by atoms with E-state index in [2.05, 4.69) is 0 Å². The second-order valence-corrected chi connectivity index (χ2v) is 11.8. The van der Waals surface area contributed by atoms with Crippen LogP contribution >= 0.6 is 11.8 Å². The van der Waals surface area contributed by atoms with E-state index < -0.39 is 30.4 Å². The zero-order valence-corrected chi connectivity index (χ0v) is 18.8. The molecule has 0 bridgehead atoms. The molecule has 0 fully saturated rings. The highest BCUT2D eigenvalue weighted by Gasteiger charge is 2.36. The van der Waals surface area contributed by atoms with Gasteiger partial charge in [-0.15, -0.1) is 11.8 Å². The molecule has 0 spiro atoms. The fourth-order valence-corrected chi connectivity index (χ4v) is 5.85. The summed E-state index contributed by atoms with van der Waals surface area (Å²) < 4.78 is 47.3. The van der Waals surface area contributed by atoms with Crippen LogP contribution in [0.5, 0.6) is 0 Å². The molecular weight excluding hydrogens is 410 g/mol. The molecule has 0 aliphatic rings. The summed E-state index contributed by atoms with van der Waals surface area (Å²) in [7, 11) is -1.90. The van der Waals surface area contributed by atoms with Gasteiger partial charge in [-0.1, -0.05) is 17.7 Å². The summed E-state index contributed by atoms with van der Waals surface area (Å²) in [5.74, 6) is 0.671. The van der Waals surface area contributed by atoms with E-state index in [4.69, 9.17) is 18.0 Å². The van der Waals surface area contributed by atoms with Crippen molar-refractivity contribution in [3.63, 3.8) is 0 Å². The second kappa shape index (κ2) is 11.0. The van der Waals surface area contributed by atoms with Crippen LogP contribution in [0, 0.1) is 6.92 Å². The second-order valence-electron chi connectivity index (χ2n) is 5.66. The number of hydrogen-bond donors (Lipinski definition) is 1. The molecule has 0 aliphatic carbocycles. The maximum absolute atomic E-state index is 12.1. The SMILES string of the molecule is CO[Si](CCCSC(C)OC(=O)NS(=O)(=O)c1ccc(C)cc1)(OC)OC. The molecule has 1 N–H and O–H groups in total. The number of nitrogens with one attached hydrogen (secondary N) is 1. The summed E-state index contributed by atoms with van der Waals surface area (Å²) in [4.78, 5) is 11.9. The number of ether oxygens (including phenoxy) is 1. The van der Waals surface area contributed by atoms with Crippen LogP contribution in [0.3, 0.4) is 0 Å². The summed E-state index contributed by atoms with van der Waals surface area (Å²) in [6, 6.07) is 6.80. The van der Waals surface area contributed by atoms with E-state index in [1.807, 2.05) is 11.6 Å². The maximum atomic E-state index is 12.1. The molecule has 11 heteroatoms. The Bertz CT molecular complexity index is 685. The third kappa shape index (κ3) is 7.80. The molecule has 0 aromatic heterocycles. The lowest BCUT2D eigenvalue weighted by molar-refractivity contribution is 0.123. The van der Waals surface area contributed by atoms with E-state index in [-0.39, 0.29) is 4.90 Å². The average Bonchev–Trinajstić information content (AvgIpc) is 2.62. The van der Waals surface area contributed by atoms with E-state index in [0.29, 0.717) is 11.8 Å². The first-order chi connectivity index (χ1) is 12.7. The predicted octanol–water partition coefficient (Wildman–Crippen LogP) is 2.76. The molecule has 0 saturated carbocycles. The Morgan fingerprint density at radius 1 is 1.15 bits per heavy atom. The fraction of sp³-hybridized carbons (Fsp3) is 0.562. The number of rotatable bonds is 11. The Hall–Kier alpha value is -1.11. The van der Waals surface area contributed by atoms with Crippen molar-refractivity contribution in [3.8, 4) is 0 Å². The van der Waals surface area contributed by atoms with E-state index in [0.717, 1.165) is 12.0 Å². The molecule has 0 saturated heterocycles. The zero-order valence-electron chi connectivity index (χ0n) is 16.2. The topological polar surface area (TPSA) is 100 Å². The third-order valence-electron chi connectivity index (χ3n) is 3.73. The van der Waals surface area contributed by atoms with Gasteiger partial charge in [-0.3, -0.25) is 0 Å². The van der Waals surface area contributed by atoms with Gasteiger partial charge in [0.1, 0.15) is 5.44 Å². The Labute approximate surface area is 166 Å². The highest BCUT2D eigenvalue weighted by atomic mass is 32.2. The van der Waals surface area contributed by atoms with Crippen molar-refractivity contribution in [2.75, 3.05) is 27.1 Å². The number of sulfonamides is 1. The molecule has 8 nitrogen and oxygen atoms in total. The molecule has 0 aliphatic heterocycles. The molecular formula is C16H27NO7S2Si. The smallest absolute Gasteiger partial charge is 0.435 e. The minimum atomic E-state index is -3.95. The van der Waals surface area contributed by atoms with Crippen LogP contribution in [0.4, 0.5) is 4.79 Å². The Kier molecular flexibility index (Phi) is 9.77. The largest absolute Gasteiger partial charge is 0.500 e. The van der Waals surface area contributed by atoms with E-state index in [1.165, 1.54) is 23.9 Å². The van der Waals surface area contributed by atoms with Crippen LogP contribution < -0.4 is 4.72 Å².